The Bertz CT molecular complexity index is 584. The van der Waals surface area contributed by atoms with Crippen molar-refractivity contribution < 1.29 is 0 Å². The molecule has 0 amide bonds. The van der Waals surface area contributed by atoms with Crippen LogP contribution in [0.4, 0.5) is 5.82 Å². The summed E-state index contributed by atoms with van der Waals surface area (Å²) in [6.07, 6.45) is 3.07. The van der Waals surface area contributed by atoms with Crippen molar-refractivity contribution in [3.05, 3.63) is 11.4 Å². The van der Waals surface area contributed by atoms with Crippen molar-refractivity contribution >= 4 is 40.7 Å². The van der Waals surface area contributed by atoms with Crippen molar-refractivity contribution in [2.24, 2.45) is 0 Å². The van der Waals surface area contributed by atoms with Crippen LogP contribution in [0.2, 0.25) is 0 Å². The highest BCUT2D eigenvalue weighted by Gasteiger charge is 2.13. The Balaban J connectivity index is 2.24. The number of hydrogen-bond acceptors (Lipinski definition) is 8. The van der Waals surface area contributed by atoms with Gasteiger partial charge in [0, 0.05) is 12.1 Å². The molecule has 0 aliphatic rings. The third-order valence-corrected chi connectivity index (χ3v) is 5.54. The molecular weight excluding hydrogens is 310 g/mol. The molecule has 108 valence electrons. The molecule has 2 heterocycles. The summed E-state index contributed by atoms with van der Waals surface area (Å²) in [4.78, 5) is 8.98. The van der Waals surface area contributed by atoms with E-state index in [1.165, 1.54) is 0 Å². The summed E-state index contributed by atoms with van der Waals surface area (Å²) < 4.78 is 1.89. The zero-order chi connectivity index (χ0) is 14.5. The summed E-state index contributed by atoms with van der Waals surface area (Å²) in [5.41, 5.74) is 1.06. The zero-order valence-corrected chi connectivity index (χ0v) is 14.4. The van der Waals surface area contributed by atoms with E-state index < -0.39 is 0 Å². The lowest BCUT2D eigenvalue weighted by molar-refractivity contribution is 0.904. The zero-order valence-electron chi connectivity index (χ0n) is 11.9. The molecule has 0 aliphatic heterocycles. The van der Waals surface area contributed by atoms with Gasteiger partial charge in [-0.2, -0.15) is 0 Å². The van der Waals surface area contributed by atoms with E-state index in [9.17, 15) is 0 Å². The number of aromatic nitrogens is 4. The fourth-order valence-corrected chi connectivity index (χ4v) is 4.00. The maximum absolute atomic E-state index is 4.52. The summed E-state index contributed by atoms with van der Waals surface area (Å²) in [5, 5.41) is 12.6. The number of anilines is 1. The van der Waals surface area contributed by atoms with E-state index in [-0.39, 0.29) is 0 Å². The molecule has 1 N–H and O–H groups in total. The van der Waals surface area contributed by atoms with E-state index in [0.29, 0.717) is 0 Å². The van der Waals surface area contributed by atoms with Crippen LogP contribution in [0.1, 0.15) is 24.7 Å². The Morgan fingerprint density at radius 3 is 2.55 bits per heavy atom. The maximum atomic E-state index is 4.52. The first kappa shape index (κ1) is 15.5. The molecule has 2 aromatic rings. The lowest BCUT2D eigenvalue weighted by Gasteiger charge is -2.11. The Hall–Kier alpha value is -0.860. The molecule has 0 saturated carbocycles. The molecule has 0 bridgehead atoms. The minimum Gasteiger partial charge on any atom is -0.370 e. The summed E-state index contributed by atoms with van der Waals surface area (Å²) in [6, 6.07) is 0. The molecule has 0 aliphatic carbocycles. The van der Waals surface area contributed by atoms with E-state index in [1.807, 2.05) is 20.1 Å². The largest absolute Gasteiger partial charge is 0.370 e. The second-order valence-corrected chi connectivity index (χ2v) is 7.38. The highest BCUT2D eigenvalue weighted by Crippen LogP contribution is 2.34. The van der Waals surface area contributed by atoms with Crippen molar-refractivity contribution in [1.29, 1.82) is 0 Å². The first-order valence-electron chi connectivity index (χ1n) is 6.28. The SMILES string of the molecule is CCCNc1nc(C)nc(Sc2nnc(SC)s2)c1C. The first-order valence-corrected chi connectivity index (χ1v) is 9.14. The van der Waals surface area contributed by atoms with Crippen LogP contribution in [0.3, 0.4) is 0 Å². The van der Waals surface area contributed by atoms with Crippen LogP contribution in [0.15, 0.2) is 13.7 Å². The van der Waals surface area contributed by atoms with Gasteiger partial charge in [0.2, 0.25) is 0 Å². The number of aryl methyl sites for hydroxylation is 1. The lowest BCUT2D eigenvalue weighted by atomic mass is 10.3. The molecule has 8 heteroatoms. The predicted molar refractivity (Wildman–Crippen MR) is 86.1 cm³/mol. The van der Waals surface area contributed by atoms with Gasteiger partial charge in [0.05, 0.1) is 0 Å². The summed E-state index contributed by atoms with van der Waals surface area (Å²) in [5.74, 6) is 1.68. The second-order valence-electron chi connectivity index (χ2n) is 4.12. The molecule has 0 unspecified atom stereocenters. The Morgan fingerprint density at radius 2 is 1.90 bits per heavy atom. The summed E-state index contributed by atoms with van der Waals surface area (Å²) in [7, 11) is 0. The average Bonchev–Trinajstić information content (AvgIpc) is 2.88. The first-order chi connectivity index (χ1) is 9.63. The van der Waals surface area contributed by atoms with Crippen LogP contribution in [0, 0.1) is 13.8 Å². The van der Waals surface area contributed by atoms with Crippen LogP contribution in [-0.2, 0) is 0 Å². The van der Waals surface area contributed by atoms with Crippen molar-refractivity contribution in [3.63, 3.8) is 0 Å². The molecule has 0 radical (unpaired) electrons. The van der Waals surface area contributed by atoms with Crippen molar-refractivity contribution in [3.8, 4) is 0 Å². The van der Waals surface area contributed by atoms with Crippen LogP contribution >= 0.6 is 34.9 Å². The Labute approximate surface area is 131 Å². The van der Waals surface area contributed by atoms with E-state index in [1.54, 1.807) is 34.9 Å². The number of thioether (sulfide) groups is 1. The molecule has 0 fully saturated rings. The third kappa shape index (κ3) is 3.83. The van der Waals surface area contributed by atoms with Gasteiger partial charge >= 0.3 is 0 Å². The minimum absolute atomic E-state index is 0.770. The van der Waals surface area contributed by atoms with Gasteiger partial charge < -0.3 is 5.32 Å². The van der Waals surface area contributed by atoms with Crippen LogP contribution < -0.4 is 5.32 Å². The van der Waals surface area contributed by atoms with Crippen molar-refractivity contribution in [2.75, 3.05) is 18.1 Å². The van der Waals surface area contributed by atoms with Gasteiger partial charge in [-0.3, -0.25) is 0 Å². The minimum atomic E-state index is 0.770. The van der Waals surface area contributed by atoms with Gasteiger partial charge in [-0.15, -0.1) is 10.2 Å². The third-order valence-electron chi connectivity index (χ3n) is 2.50. The van der Waals surface area contributed by atoms with Gasteiger partial charge in [-0.05, 0) is 38.3 Å². The number of nitrogens with zero attached hydrogens (tertiary/aromatic N) is 4. The average molecular weight is 328 g/mol. The number of rotatable bonds is 6. The molecule has 2 aromatic heterocycles. The topological polar surface area (TPSA) is 63.6 Å². The van der Waals surface area contributed by atoms with Crippen LogP contribution in [-0.4, -0.2) is 33.0 Å². The van der Waals surface area contributed by atoms with E-state index >= 15 is 0 Å². The molecule has 5 nitrogen and oxygen atoms in total. The normalized spacial score (nSPS) is 10.8. The van der Waals surface area contributed by atoms with E-state index in [2.05, 4.69) is 32.4 Å². The standard InChI is InChI=1S/C12H17N5S3/c1-5-6-13-9-7(2)10(15-8(3)14-9)19-12-17-16-11(18-4)20-12/h5-6H2,1-4H3,(H,13,14,15). The molecule has 2 rings (SSSR count). The molecule has 0 aromatic carbocycles. The quantitative estimate of drug-likeness (QED) is 0.642. The second kappa shape index (κ2) is 7.24. The number of nitrogens with one attached hydrogen (secondary N) is 1. The maximum Gasteiger partial charge on any atom is 0.181 e. The predicted octanol–water partition coefficient (Wildman–Crippen LogP) is 3.64. The highest BCUT2D eigenvalue weighted by molar-refractivity contribution is 8.03. The van der Waals surface area contributed by atoms with Crippen molar-refractivity contribution in [2.45, 2.75) is 40.9 Å². The lowest BCUT2D eigenvalue weighted by Crippen LogP contribution is -2.07. The molecular formula is C12H17N5S3. The van der Waals surface area contributed by atoms with Gasteiger partial charge in [-0.25, -0.2) is 9.97 Å². The summed E-state index contributed by atoms with van der Waals surface area (Å²) in [6.45, 7) is 7.00. The molecule has 20 heavy (non-hydrogen) atoms. The fourth-order valence-electron chi connectivity index (χ4n) is 1.52. The molecule has 0 atom stereocenters. The highest BCUT2D eigenvalue weighted by atomic mass is 32.2. The molecule has 0 saturated heterocycles. The summed E-state index contributed by atoms with van der Waals surface area (Å²) >= 11 is 4.75. The Kier molecular flexibility index (Phi) is 5.62. The Morgan fingerprint density at radius 1 is 1.15 bits per heavy atom. The van der Waals surface area contributed by atoms with Gasteiger partial charge in [0.15, 0.2) is 8.68 Å². The van der Waals surface area contributed by atoms with Crippen molar-refractivity contribution in [1.82, 2.24) is 20.2 Å². The fraction of sp³-hybridized carbons (Fsp3) is 0.500. The van der Waals surface area contributed by atoms with Gasteiger partial charge in [0.25, 0.3) is 0 Å². The van der Waals surface area contributed by atoms with E-state index in [0.717, 1.165) is 43.9 Å². The van der Waals surface area contributed by atoms with E-state index in [4.69, 9.17) is 0 Å². The van der Waals surface area contributed by atoms with Gasteiger partial charge in [-0.1, -0.05) is 30.0 Å². The molecule has 0 spiro atoms. The van der Waals surface area contributed by atoms with Crippen LogP contribution in [0.5, 0.6) is 0 Å². The monoisotopic (exact) mass is 327 g/mol. The smallest absolute Gasteiger partial charge is 0.181 e. The van der Waals surface area contributed by atoms with Gasteiger partial charge in [0.1, 0.15) is 16.7 Å². The number of hydrogen-bond donors (Lipinski definition) is 1. The van der Waals surface area contributed by atoms with Crippen LogP contribution in [0.25, 0.3) is 0 Å².